The molecule has 4 rings (SSSR count). The molecule has 2 nitrogen and oxygen atoms in total. The van der Waals surface area contributed by atoms with Gasteiger partial charge in [-0.3, -0.25) is 4.79 Å². The maximum atomic E-state index is 10.6. The van der Waals surface area contributed by atoms with Gasteiger partial charge >= 0.3 is 5.97 Å². The van der Waals surface area contributed by atoms with E-state index in [1.807, 2.05) is 0 Å². The normalized spacial score (nSPS) is 47.1. The molecule has 84 valence electrons. The van der Waals surface area contributed by atoms with Crippen molar-refractivity contribution < 1.29 is 9.90 Å². The molecule has 4 fully saturated rings. The number of aliphatic carboxylic acids is 1. The van der Waals surface area contributed by atoms with E-state index in [1.165, 1.54) is 32.1 Å². The van der Waals surface area contributed by atoms with Gasteiger partial charge in [0.25, 0.3) is 0 Å². The van der Waals surface area contributed by atoms with Crippen LogP contribution < -0.4 is 0 Å². The Labute approximate surface area is 91.1 Å². The van der Waals surface area contributed by atoms with Gasteiger partial charge in [-0.2, -0.15) is 0 Å². The Hall–Kier alpha value is -0.530. The van der Waals surface area contributed by atoms with Crippen LogP contribution in [0.4, 0.5) is 0 Å². The van der Waals surface area contributed by atoms with E-state index in [9.17, 15) is 4.79 Å². The summed E-state index contributed by atoms with van der Waals surface area (Å²) in [5.41, 5.74) is 0. The third kappa shape index (κ3) is 1.68. The van der Waals surface area contributed by atoms with E-state index in [0.717, 1.165) is 36.0 Å². The Morgan fingerprint density at radius 1 is 1.00 bits per heavy atom. The monoisotopic (exact) mass is 208 g/mol. The molecule has 1 N–H and O–H groups in total. The van der Waals surface area contributed by atoms with Gasteiger partial charge in [-0.25, -0.2) is 0 Å². The van der Waals surface area contributed by atoms with Crippen LogP contribution in [-0.4, -0.2) is 11.1 Å². The molecule has 0 aromatic rings. The van der Waals surface area contributed by atoms with E-state index in [2.05, 4.69) is 0 Å². The minimum absolute atomic E-state index is 0.396. The first-order valence-electron chi connectivity index (χ1n) is 6.44. The highest BCUT2D eigenvalue weighted by Gasteiger charge is 2.47. The van der Waals surface area contributed by atoms with E-state index in [0.29, 0.717) is 6.42 Å². The van der Waals surface area contributed by atoms with E-state index in [4.69, 9.17) is 5.11 Å². The quantitative estimate of drug-likeness (QED) is 0.774. The first kappa shape index (κ1) is 9.68. The minimum Gasteiger partial charge on any atom is -0.481 e. The van der Waals surface area contributed by atoms with Crippen molar-refractivity contribution in [1.82, 2.24) is 0 Å². The topological polar surface area (TPSA) is 37.3 Å². The Balaban J connectivity index is 1.67. The molecular formula is C13H20O2. The summed E-state index contributed by atoms with van der Waals surface area (Å²) >= 11 is 0. The van der Waals surface area contributed by atoms with E-state index >= 15 is 0 Å². The molecule has 0 radical (unpaired) electrons. The Morgan fingerprint density at radius 3 is 2.00 bits per heavy atom. The van der Waals surface area contributed by atoms with E-state index in [-0.39, 0.29) is 0 Å². The second-order valence-electron chi connectivity index (χ2n) is 6.03. The van der Waals surface area contributed by atoms with Gasteiger partial charge in [-0.15, -0.1) is 0 Å². The molecule has 4 aliphatic carbocycles. The molecule has 0 saturated heterocycles. The zero-order valence-electron chi connectivity index (χ0n) is 9.19. The van der Waals surface area contributed by atoms with Crippen LogP contribution in [-0.2, 0) is 4.79 Å². The maximum absolute atomic E-state index is 10.6. The van der Waals surface area contributed by atoms with Gasteiger partial charge in [0.1, 0.15) is 0 Å². The Morgan fingerprint density at radius 2 is 1.53 bits per heavy atom. The minimum atomic E-state index is -0.608. The predicted octanol–water partition coefficient (Wildman–Crippen LogP) is 2.92. The van der Waals surface area contributed by atoms with Crippen LogP contribution in [0.5, 0.6) is 0 Å². The average Bonchev–Trinajstić information content (AvgIpc) is 2.14. The summed E-state index contributed by atoms with van der Waals surface area (Å²) in [5.74, 6) is 3.95. The van der Waals surface area contributed by atoms with Gasteiger partial charge in [0.2, 0.25) is 0 Å². The number of hydrogen-bond acceptors (Lipinski definition) is 1. The highest BCUT2D eigenvalue weighted by atomic mass is 16.4. The van der Waals surface area contributed by atoms with Crippen LogP contribution in [0.25, 0.3) is 0 Å². The molecule has 2 heteroatoms. The van der Waals surface area contributed by atoms with E-state index in [1.54, 1.807) is 0 Å². The molecule has 0 heterocycles. The summed E-state index contributed by atoms with van der Waals surface area (Å²) in [4.78, 5) is 10.6. The second-order valence-corrected chi connectivity index (χ2v) is 6.03. The second kappa shape index (κ2) is 3.50. The van der Waals surface area contributed by atoms with Gasteiger partial charge < -0.3 is 5.11 Å². The molecule has 0 aromatic carbocycles. The summed E-state index contributed by atoms with van der Waals surface area (Å²) < 4.78 is 0. The molecule has 0 unspecified atom stereocenters. The standard InChI is InChI=1S/C13H20O2/c14-13(15)2-1-12-10-4-8-3-9(6-10)7-11(12)5-8/h8-12H,1-7H2,(H,14,15). The fourth-order valence-corrected chi connectivity index (χ4v) is 4.80. The van der Waals surface area contributed by atoms with Crippen LogP contribution in [0.15, 0.2) is 0 Å². The van der Waals surface area contributed by atoms with Crippen molar-refractivity contribution in [2.75, 3.05) is 0 Å². The molecule has 0 atom stereocenters. The molecule has 0 aliphatic heterocycles. The van der Waals surface area contributed by atoms with Crippen LogP contribution in [0.2, 0.25) is 0 Å². The van der Waals surface area contributed by atoms with E-state index < -0.39 is 5.97 Å². The zero-order chi connectivity index (χ0) is 10.4. The van der Waals surface area contributed by atoms with Gasteiger partial charge in [0, 0.05) is 6.42 Å². The molecule has 4 saturated carbocycles. The lowest BCUT2D eigenvalue weighted by Gasteiger charge is -2.54. The summed E-state index contributed by atoms with van der Waals surface area (Å²) in [6.07, 6.45) is 8.49. The Bertz CT molecular complexity index is 244. The lowest BCUT2D eigenvalue weighted by molar-refractivity contribution is -0.138. The fourth-order valence-electron chi connectivity index (χ4n) is 4.80. The summed E-state index contributed by atoms with van der Waals surface area (Å²) in [6, 6.07) is 0. The van der Waals surface area contributed by atoms with Crippen molar-refractivity contribution in [2.24, 2.45) is 29.6 Å². The van der Waals surface area contributed by atoms with Crippen molar-refractivity contribution in [3.05, 3.63) is 0 Å². The highest BCUT2D eigenvalue weighted by Crippen LogP contribution is 2.57. The van der Waals surface area contributed by atoms with Crippen LogP contribution >= 0.6 is 0 Å². The van der Waals surface area contributed by atoms with Crippen LogP contribution in [0.3, 0.4) is 0 Å². The summed E-state index contributed by atoms with van der Waals surface area (Å²) in [7, 11) is 0. The van der Waals surface area contributed by atoms with Gasteiger partial charge in [-0.1, -0.05) is 0 Å². The van der Waals surface area contributed by atoms with Gasteiger partial charge in [-0.05, 0) is 68.1 Å². The van der Waals surface area contributed by atoms with Crippen LogP contribution in [0, 0.1) is 29.6 Å². The summed E-state index contributed by atoms with van der Waals surface area (Å²) in [6.45, 7) is 0. The summed E-state index contributed by atoms with van der Waals surface area (Å²) in [5, 5.41) is 8.77. The fraction of sp³-hybridized carbons (Fsp3) is 0.923. The first-order chi connectivity index (χ1) is 7.22. The molecule has 15 heavy (non-hydrogen) atoms. The van der Waals surface area contributed by atoms with Crippen molar-refractivity contribution in [3.63, 3.8) is 0 Å². The number of hydrogen-bond donors (Lipinski definition) is 1. The lowest BCUT2D eigenvalue weighted by atomic mass is 9.51. The smallest absolute Gasteiger partial charge is 0.303 e. The van der Waals surface area contributed by atoms with Crippen LogP contribution in [0.1, 0.15) is 44.9 Å². The largest absolute Gasteiger partial charge is 0.481 e. The van der Waals surface area contributed by atoms with Gasteiger partial charge in [0.05, 0.1) is 0 Å². The molecule has 0 amide bonds. The van der Waals surface area contributed by atoms with Crippen molar-refractivity contribution in [3.8, 4) is 0 Å². The maximum Gasteiger partial charge on any atom is 0.303 e. The number of carboxylic acid groups (broad SMARTS) is 1. The Kier molecular flexibility index (Phi) is 2.26. The number of carbonyl (C=O) groups is 1. The average molecular weight is 208 g/mol. The molecular weight excluding hydrogens is 188 g/mol. The zero-order valence-corrected chi connectivity index (χ0v) is 9.19. The number of carboxylic acids is 1. The van der Waals surface area contributed by atoms with Crippen molar-refractivity contribution in [1.29, 1.82) is 0 Å². The van der Waals surface area contributed by atoms with Gasteiger partial charge in [0.15, 0.2) is 0 Å². The first-order valence-corrected chi connectivity index (χ1v) is 6.44. The molecule has 4 bridgehead atoms. The van der Waals surface area contributed by atoms with Crippen molar-refractivity contribution >= 4 is 5.97 Å². The molecule has 4 aliphatic rings. The lowest BCUT2D eigenvalue weighted by Crippen LogP contribution is -2.45. The highest BCUT2D eigenvalue weighted by molar-refractivity contribution is 5.66. The SMILES string of the molecule is O=C(O)CCC1C2CC3CC(C2)CC1C3. The van der Waals surface area contributed by atoms with Crippen molar-refractivity contribution in [2.45, 2.75) is 44.9 Å². The third-order valence-corrected chi connectivity index (χ3v) is 5.11. The molecule has 0 spiro atoms. The predicted molar refractivity (Wildman–Crippen MR) is 57.4 cm³/mol. The molecule has 0 aromatic heterocycles. The number of rotatable bonds is 3. The third-order valence-electron chi connectivity index (χ3n) is 5.11.